The number of halogens is 3. The molecule has 2 N–H and O–H groups in total. The summed E-state index contributed by atoms with van der Waals surface area (Å²) >= 11 is 0. The van der Waals surface area contributed by atoms with Crippen molar-refractivity contribution in [1.29, 1.82) is 0 Å². The maximum absolute atomic E-state index is 12.6. The molecule has 0 aliphatic heterocycles. The number of hydrogen-bond donors (Lipinski definition) is 2. The minimum Gasteiger partial charge on any atom is -0.340 e. The predicted molar refractivity (Wildman–Crippen MR) is 95.9 cm³/mol. The van der Waals surface area contributed by atoms with Crippen LogP contribution in [0.3, 0.4) is 0 Å². The molecule has 3 aromatic rings. The second kappa shape index (κ2) is 7.45. The van der Waals surface area contributed by atoms with Crippen LogP contribution in [0.15, 0.2) is 60.9 Å². The molecule has 1 heterocycles. The number of amides is 1. The van der Waals surface area contributed by atoms with Gasteiger partial charge >= 0.3 is 6.18 Å². The van der Waals surface area contributed by atoms with Crippen LogP contribution in [0.2, 0.25) is 0 Å². The highest BCUT2D eigenvalue weighted by Crippen LogP contribution is 2.29. The first kappa shape index (κ1) is 18.4. The lowest BCUT2D eigenvalue weighted by Crippen LogP contribution is -2.14. The van der Waals surface area contributed by atoms with Crippen LogP contribution in [0, 0.1) is 6.92 Å². The van der Waals surface area contributed by atoms with Gasteiger partial charge in [0.1, 0.15) is 17.8 Å². The first-order valence-electron chi connectivity index (χ1n) is 7.95. The molecular formula is C19H15F3N4O. The monoisotopic (exact) mass is 372 g/mol. The van der Waals surface area contributed by atoms with Crippen molar-refractivity contribution in [3.63, 3.8) is 0 Å². The van der Waals surface area contributed by atoms with E-state index in [4.69, 9.17) is 0 Å². The van der Waals surface area contributed by atoms with Gasteiger partial charge in [0.05, 0.1) is 5.56 Å². The van der Waals surface area contributed by atoms with Crippen LogP contribution in [0.5, 0.6) is 0 Å². The number of aryl methyl sites for hydroxylation is 1. The van der Waals surface area contributed by atoms with Gasteiger partial charge in [0.25, 0.3) is 5.91 Å². The highest BCUT2D eigenvalue weighted by molar-refractivity contribution is 6.03. The van der Waals surface area contributed by atoms with Crippen molar-refractivity contribution in [3.8, 4) is 0 Å². The van der Waals surface area contributed by atoms with E-state index >= 15 is 0 Å². The summed E-state index contributed by atoms with van der Waals surface area (Å²) in [5.41, 5.74) is 1.41. The summed E-state index contributed by atoms with van der Waals surface area (Å²) in [6.07, 6.45) is -3.19. The van der Waals surface area contributed by atoms with E-state index in [0.29, 0.717) is 5.82 Å². The molecule has 0 radical (unpaired) electrons. The average molecular weight is 372 g/mol. The second-order valence-corrected chi connectivity index (χ2v) is 5.81. The van der Waals surface area contributed by atoms with Gasteiger partial charge in [-0.25, -0.2) is 9.97 Å². The van der Waals surface area contributed by atoms with Crippen molar-refractivity contribution in [1.82, 2.24) is 9.97 Å². The van der Waals surface area contributed by atoms with Crippen LogP contribution in [-0.2, 0) is 6.18 Å². The van der Waals surface area contributed by atoms with Crippen LogP contribution in [0.4, 0.5) is 30.4 Å². The number of alkyl halides is 3. The standard InChI is InChI=1S/C19H15F3N4O/c1-12-3-2-4-15(9-12)25-17-10-16(23-11-24-17)18(27)26-14-7-5-13(6-8-14)19(20,21)22/h2-11H,1H3,(H,26,27)(H,23,24,25). The third kappa shape index (κ3) is 4.81. The van der Waals surface area contributed by atoms with Gasteiger partial charge in [-0.05, 0) is 48.9 Å². The Labute approximate surface area is 153 Å². The summed E-state index contributed by atoms with van der Waals surface area (Å²) in [6, 6.07) is 13.3. The van der Waals surface area contributed by atoms with Gasteiger partial charge in [0, 0.05) is 17.4 Å². The van der Waals surface area contributed by atoms with Crippen molar-refractivity contribution in [3.05, 3.63) is 77.7 Å². The topological polar surface area (TPSA) is 66.9 Å². The Morgan fingerprint density at radius 3 is 2.37 bits per heavy atom. The number of benzene rings is 2. The molecule has 0 spiro atoms. The van der Waals surface area contributed by atoms with E-state index in [-0.39, 0.29) is 11.4 Å². The summed E-state index contributed by atoms with van der Waals surface area (Å²) in [7, 11) is 0. The molecule has 0 saturated carbocycles. The zero-order valence-corrected chi connectivity index (χ0v) is 14.2. The Balaban J connectivity index is 1.72. The van der Waals surface area contributed by atoms with Crippen molar-refractivity contribution in [2.45, 2.75) is 13.1 Å². The van der Waals surface area contributed by atoms with Crippen LogP contribution in [0.25, 0.3) is 0 Å². The van der Waals surface area contributed by atoms with Gasteiger partial charge in [-0.15, -0.1) is 0 Å². The molecule has 0 unspecified atom stereocenters. The highest BCUT2D eigenvalue weighted by atomic mass is 19.4. The van der Waals surface area contributed by atoms with Gasteiger partial charge in [-0.2, -0.15) is 13.2 Å². The predicted octanol–water partition coefficient (Wildman–Crippen LogP) is 4.80. The van der Waals surface area contributed by atoms with Crippen LogP contribution < -0.4 is 10.6 Å². The fourth-order valence-electron chi connectivity index (χ4n) is 2.36. The Morgan fingerprint density at radius 1 is 0.963 bits per heavy atom. The zero-order chi connectivity index (χ0) is 19.4. The minimum absolute atomic E-state index is 0.0834. The summed E-state index contributed by atoms with van der Waals surface area (Å²) in [4.78, 5) is 20.3. The molecule has 5 nitrogen and oxygen atoms in total. The number of anilines is 3. The molecule has 138 valence electrons. The maximum Gasteiger partial charge on any atom is 0.416 e. The number of rotatable bonds is 4. The minimum atomic E-state index is -4.43. The van der Waals surface area contributed by atoms with Gasteiger partial charge < -0.3 is 10.6 Å². The van der Waals surface area contributed by atoms with Crippen LogP contribution >= 0.6 is 0 Å². The second-order valence-electron chi connectivity index (χ2n) is 5.81. The molecular weight excluding hydrogens is 357 g/mol. The largest absolute Gasteiger partial charge is 0.416 e. The molecule has 3 rings (SSSR count). The fraction of sp³-hybridized carbons (Fsp3) is 0.105. The fourth-order valence-corrected chi connectivity index (χ4v) is 2.36. The molecule has 2 aromatic carbocycles. The average Bonchev–Trinajstić information content (AvgIpc) is 2.62. The molecule has 0 aliphatic rings. The number of aromatic nitrogens is 2. The summed E-state index contributed by atoms with van der Waals surface area (Å²) in [6.45, 7) is 1.95. The normalized spacial score (nSPS) is 11.1. The summed E-state index contributed by atoms with van der Waals surface area (Å²) in [5.74, 6) is -0.127. The summed E-state index contributed by atoms with van der Waals surface area (Å²) < 4.78 is 37.8. The molecule has 27 heavy (non-hydrogen) atoms. The molecule has 0 aliphatic carbocycles. The maximum atomic E-state index is 12.6. The van der Waals surface area contributed by atoms with E-state index in [0.717, 1.165) is 23.4 Å². The third-order valence-corrected chi connectivity index (χ3v) is 3.66. The van der Waals surface area contributed by atoms with Gasteiger partial charge in [-0.1, -0.05) is 12.1 Å². The van der Waals surface area contributed by atoms with E-state index in [2.05, 4.69) is 20.6 Å². The Kier molecular flexibility index (Phi) is 5.07. The third-order valence-electron chi connectivity index (χ3n) is 3.66. The zero-order valence-electron chi connectivity index (χ0n) is 14.2. The molecule has 8 heteroatoms. The van der Waals surface area contributed by atoms with Crippen molar-refractivity contribution in [2.75, 3.05) is 10.6 Å². The first-order chi connectivity index (χ1) is 12.8. The highest BCUT2D eigenvalue weighted by Gasteiger charge is 2.30. The van der Waals surface area contributed by atoms with Crippen LogP contribution in [0.1, 0.15) is 21.6 Å². The Hall–Kier alpha value is -3.42. The first-order valence-corrected chi connectivity index (χ1v) is 7.95. The number of carbonyl (C=O) groups is 1. The Bertz CT molecular complexity index is 956. The molecule has 0 atom stereocenters. The van der Waals surface area contributed by atoms with Crippen molar-refractivity contribution < 1.29 is 18.0 Å². The van der Waals surface area contributed by atoms with E-state index in [1.165, 1.54) is 24.5 Å². The van der Waals surface area contributed by atoms with Crippen LogP contribution in [-0.4, -0.2) is 15.9 Å². The lowest BCUT2D eigenvalue weighted by atomic mass is 10.2. The molecule has 0 saturated heterocycles. The van der Waals surface area contributed by atoms with E-state index < -0.39 is 17.6 Å². The summed E-state index contributed by atoms with van der Waals surface area (Å²) in [5, 5.41) is 5.58. The SMILES string of the molecule is Cc1cccc(Nc2cc(C(=O)Nc3ccc(C(F)(F)F)cc3)ncn2)c1. The van der Waals surface area contributed by atoms with E-state index in [9.17, 15) is 18.0 Å². The van der Waals surface area contributed by atoms with Gasteiger partial charge in [0.2, 0.25) is 0 Å². The van der Waals surface area contributed by atoms with Crippen molar-refractivity contribution >= 4 is 23.1 Å². The lowest BCUT2D eigenvalue weighted by molar-refractivity contribution is -0.137. The van der Waals surface area contributed by atoms with E-state index in [1.54, 1.807) is 0 Å². The number of carbonyl (C=O) groups excluding carboxylic acids is 1. The molecule has 0 bridgehead atoms. The number of nitrogens with zero attached hydrogens (tertiary/aromatic N) is 2. The van der Waals surface area contributed by atoms with Gasteiger partial charge in [-0.3, -0.25) is 4.79 Å². The molecule has 1 aromatic heterocycles. The molecule has 0 fully saturated rings. The number of nitrogens with one attached hydrogen (secondary N) is 2. The quantitative estimate of drug-likeness (QED) is 0.690. The molecule has 1 amide bonds. The lowest BCUT2D eigenvalue weighted by Gasteiger charge is -2.09. The Morgan fingerprint density at radius 2 is 1.70 bits per heavy atom. The van der Waals surface area contributed by atoms with E-state index in [1.807, 2.05) is 31.2 Å². The van der Waals surface area contributed by atoms with Crippen molar-refractivity contribution in [2.24, 2.45) is 0 Å². The smallest absolute Gasteiger partial charge is 0.340 e. The number of hydrogen-bond acceptors (Lipinski definition) is 4. The van der Waals surface area contributed by atoms with Gasteiger partial charge in [0.15, 0.2) is 0 Å².